The summed E-state index contributed by atoms with van der Waals surface area (Å²) in [6, 6.07) is 6.57. The maximum Gasteiger partial charge on any atom is 0.123 e. The Morgan fingerprint density at radius 1 is 1.12 bits per heavy atom. The van der Waals surface area contributed by atoms with Crippen LogP contribution in [0.4, 0.5) is 4.39 Å². The van der Waals surface area contributed by atoms with E-state index in [1.54, 1.807) is 12.1 Å². The van der Waals surface area contributed by atoms with Gasteiger partial charge in [0.05, 0.1) is 0 Å². The first-order chi connectivity index (χ1) is 7.65. The molecule has 0 atom stereocenters. The largest absolute Gasteiger partial charge is 0.207 e. The van der Waals surface area contributed by atoms with Crippen molar-refractivity contribution in [3.05, 3.63) is 35.6 Å². The van der Waals surface area contributed by atoms with Crippen molar-refractivity contribution >= 4 is 23.2 Å². The van der Waals surface area contributed by atoms with Gasteiger partial charge in [-0.2, -0.15) is 0 Å². The summed E-state index contributed by atoms with van der Waals surface area (Å²) in [5.74, 6) is 0.880. The van der Waals surface area contributed by atoms with Gasteiger partial charge < -0.3 is 0 Å². The molecule has 0 saturated heterocycles. The molecule has 0 spiro atoms. The molecular weight excluding hydrogens is 246 g/mol. The predicted molar refractivity (Wildman–Crippen MR) is 68.9 cm³/mol. The molecule has 0 unspecified atom stereocenters. The summed E-state index contributed by atoms with van der Waals surface area (Å²) in [4.78, 5) is 0. The Kier molecular flexibility index (Phi) is 5.57. The van der Waals surface area contributed by atoms with Gasteiger partial charge >= 0.3 is 0 Å². The molecule has 90 valence electrons. The highest BCUT2D eigenvalue weighted by molar-refractivity contribution is 6.21. The number of alkyl halides is 2. The molecule has 0 radical (unpaired) electrons. The molecule has 0 bridgehead atoms. The summed E-state index contributed by atoms with van der Waals surface area (Å²) in [7, 11) is 0. The highest BCUT2D eigenvalue weighted by atomic mass is 35.5. The van der Waals surface area contributed by atoms with Gasteiger partial charge in [-0.05, 0) is 30.5 Å². The minimum Gasteiger partial charge on any atom is -0.207 e. The van der Waals surface area contributed by atoms with Crippen LogP contribution in [-0.2, 0) is 6.42 Å². The van der Waals surface area contributed by atoms with E-state index < -0.39 is 0 Å². The molecule has 0 aliphatic heterocycles. The van der Waals surface area contributed by atoms with Crippen LogP contribution in [0.2, 0.25) is 0 Å². The van der Waals surface area contributed by atoms with E-state index in [-0.39, 0.29) is 11.2 Å². The van der Waals surface area contributed by atoms with Crippen LogP contribution < -0.4 is 0 Å². The second kappa shape index (κ2) is 6.46. The van der Waals surface area contributed by atoms with E-state index in [0.717, 1.165) is 24.8 Å². The molecule has 0 aliphatic rings. The van der Waals surface area contributed by atoms with Gasteiger partial charge in [-0.3, -0.25) is 0 Å². The lowest BCUT2D eigenvalue weighted by atomic mass is 9.81. The molecule has 0 aliphatic carbocycles. The van der Waals surface area contributed by atoms with Gasteiger partial charge in [-0.15, -0.1) is 23.2 Å². The highest BCUT2D eigenvalue weighted by Crippen LogP contribution is 2.31. The lowest BCUT2D eigenvalue weighted by Gasteiger charge is -2.29. The normalized spacial score (nSPS) is 11.8. The molecule has 3 heteroatoms. The number of halogens is 3. The Balaban J connectivity index is 2.78. The Bertz CT molecular complexity index is 304. The third kappa shape index (κ3) is 3.64. The lowest BCUT2D eigenvalue weighted by molar-refractivity contribution is 0.341. The zero-order valence-corrected chi connectivity index (χ0v) is 11.0. The third-order valence-corrected chi connectivity index (χ3v) is 3.97. The van der Waals surface area contributed by atoms with Crippen molar-refractivity contribution in [1.29, 1.82) is 0 Å². The van der Waals surface area contributed by atoms with Gasteiger partial charge in [0, 0.05) is 17.2 Å². The van der Waals surface area contributed by atoms with Crippen molar-refractivity contribution in [2.24, 2.45) is 5.41 Å². The fourth-order valence-corrected chi connectivity index (χ4v) is 2.66. The van der Waals surface area contributed by atoms with E-state index in [9.17, 15) is 4.39 Å². The summed E-state index contributed by atoms with van der Waals surface area (Å²) in [5.41, 5.74) is 1.03. The first-order valence-electron chi connectivity index (χ1n) is 5.52. The molecule has 1 aromatic carbocycles. The molecule has 0 fully saturated rings. The Morgan fingerprint density at radius 2 is 1.69 bits per heavy atom. The Labute approximate surface area is 107 Å². The fraction of sp³-hybridized carbons (Fsp3) is 0.538. The molecular formula is C13H17Cl2F. The quantitative estimate of drug-likeness (QED) is 0.656. The molecule has 16 heavy (non-hydrogen) atoms. The SMILES string of the molecule is CCCC(CCl)(CCl)Cc1ccc(F)cc1. The first-order valence-corrected chi connectivity index (χ1v) is 6.59. The van der Waals surface area contributed by atoms with Gasteiger partial charge in [0.25, 0.3) is 0 Å². The fourth-order valence-electron chi connectivity index (χ4n) is 1.92. The van der Waals surface area contributed by atoms with Crippen molar-refractivity contribution in [1.82, 2.24) is 0 Å². The number of rotatable bonds is 6. The van der Waals surface area contributed by atoms with Crippen molar-refractivity contribution in [2.45, 2.75) is 26.2 Å². The van der Waals surface area contributed by atoms with Crippen molar-refractivity contribution in [2.75, 3.05) is 11.8 Å². The summed E-state index contributed by atoms with van der Waals surface area (Å²) in [5, 5.41) is 0. The van der Waals surface area contributed by atoms with Crippen LogP contribution in [0.15, 0.2) is 24.3 Å². The van der Waals surface area contributed by atoms with Crippen molar-refractivity contribution < 1.29 is 4.39 Å². The zero-order chi connectivity index (χ0) is 12.0. The molecule has 0 heterocycles. The smallest absolute Gasteiger partial charge is 0.123 e. The topological polar surface area (TPSA) is 0 Å². The van der Waals surface area contributed by atoms with Crippen molar-refractivity contribution in [3.63, 3.8) is 0 Å². The lowest BCUT2D eigenvalue weighted by Crippen LogP contribution is -2.27. The van der Waals surface area contributed by atoms with Crippen molar-refractivity contribution in [3.8, 4) is 0 Å². The van der Waals surface area contributed by atoms with E-state index in [1.807, 2.05) is 0 Å². The molecule has 0 N–H and O–H groups in total. The van der Waals surface area contributed by atoms with Gasteiger partial charge in [0.2, 0.25) is 0 Å². The Morgan fingerprint density at radius 3 is 2.12 bits per heavy atom. The second-order valence-corrected chi connectivity index (χ2v) is 4.86. The van der Waals surface area contributed by atoms with Gasteiger partial charge in [0.15, 0.2) is 0 Å². The summed E-state index contributed by atoms with van der Waals surface area (Å²) < 4.78 is 12.8. The number of hydrogen-bond acceptors (Lipinski definition) is 0. The average Bonchev–Trinajstić information content (AvgIpc) is 2.31. The summed E-state index contributed by atoms with van der Waals surface area (Å²) in [6.45, 7) is 2.12. The predicted octanol–water partition coefficient (Wildman–Crippen LogP) is 4.63. The molecule has 1 aromatic rings. The number of hydrogen-bond donors (Lipinski definition) is 0. The van der Waals surface area contributed by atoms with Gasteiger partial charge in [-0.1, -0.05) is 25.5 Å². The van der Waals surface area contributed by atoms with E-state index >= 15 is 0 Å². The maximum atomic E-state index is 12.8. The standard InChI is InChI=1S/C13H17Cl2F/c1-2-7-13(9-14,10-15)8-11-3-5-12(16)6-4-11/h3-6H,2,7-10H2,1H3. The maximum absolute atomic E-state index is 12.8. The molecule has 1 rings (SSSR count). The van der Waals surface area contributed by atoms with Gasteiger partial charge in [0.1, 0.15) is 5.82 Å². The summed E-state index contributed by atoms with van der Waals surface area (Å²) >= 11 is 12.1. The van der Waals surface area contributed by atoms with Gasteiger partial charge in [-0.25, -0.2) is 4.39 Å². The van der Waals surface area contributed by atoms with Crippen LogP contribution in [-0.4, -0.2) is 11.8 Å². The van der Waals surface area contributed by atoms with Crippen LogP contribution in [0.5, 0.6) is 0 Å². The second-order valence-electron chi connectivity index (χ2n) is 4.32. The molecule has 0 aromatic heterocycles. The monoisotopic (exact) mass is 262 g/mol. The average molecular weight is 263 g/mol. The van der Waals surface area contributed by atoms with E-state index in [2.05, 4.69) is 6.92 Å². The van der Waals surface area contributed by atoms with E-state index in [4.69, 9.17) is 23.2 Å². The van der Waals surface area contributed by atoms with Crippen LogP contribution >= 0.6 is 23.2 Å². The number of benzene rings is 1. The molecule has 0 nitrogen and oxygen atoms in total. The van der Waals surface area contributed by atoms with Crippen LogP contribution in [0, 0.1) is 11.2 Å². The van der Waals surface area contributed by atoms with E-state index in [0.29, 0.717) is 11.8 Å². The van der Waals surface area contributed by atoms with Crippen LogP contribution in [0.3, 0.4) is 0 Å². The minimum absolute atomic E-state index is 0.0598. The van der Waals surface area contributed by atoms with Crippen LogP contribution in [0.25, 0.3) is 0 Å². The van der Waals surface area contributed by atoms with E-state index in [1.165, 1.54) is 12.1 Å². The molecule has 0 amide bonds. The minimum atomic E-state index is -0.207. The Hall–Kier alpha value is -0.270. The summed E-state index contributed by atoms with van der Waals surface area (Å²) in [6.07, 6.45) is 2.87. The third-order valence-electron chi connectivity index (χ3n) is 2.84. The highest BCUT2D eigenvalue weighted by Gasteiger charge is 2.27. The molecule has 0 saturated carbocycles. The van der Waals surface area contributed by atoms with Crippen LogP contribution in [0.1, 0.15) is 25.3 Å². The zero-order valence-electron chi connectivity index (χ0n) is 9.48. The first kappa shape index (κ1) is 13.8.